The summed E-state index contributed by atoms with van der Waals surface area (Å²) in [6.45, 7) is 0. The van der Waals surface area contributed by atoms with Gasteiger partial charge in [0.15, 0.2) is 17.5 Å². The molecule has 0 spiro atoms. The van der Waals surface area contributed by atoms with Crippen molar-refractivity contribution in [1.29, 1.82) is 0 Å². The second-order valence-electron chi connectivity index (χ2n) is 3.52. The number of halogens is 5. The zero-order valence-electron chi connectivity index (χ0n) is 8.68. The van der Waals surface area contributed by atoms with Gasteiger partial charge in [-0.15, -0.1) is 11.3 Å². The summed E-state index contributed by atoms with van der Waals surface area (Å²) in [6.07, 6.45) is 0. The molecule has 1 aromatic heterocycles. The molecule has 7 heteroatoms. The Bertz CT molecular complexity index is 600. The van der Waals surface area contributed by atoms with Crippen LogP contribution in [0.15, 0.2) is 18.2 Å². The van der Waals surface area contributed by atoms with E-state index in [4.69, 9.17) is 28.9 Å². The van der Waals surface area contributed by atoms with Crippen LogP contribution in [0.4, 0.5) is 13.2 Å². The highest BCUT2D eigenvalue weighted by Crippen LogP contribution is 2.37. The van der Waals surface area contributed by atoms with Gasteiger partial charge in [-0.05, 0) is 12.1 Å². The molecule has 0 fully saturated rings. The van der Waals surface area contributed by atoms with E-state index in [9.17, 15) is 13.2 Å². The van der Waals surface area contributed by atoms with E-state index in [2.05, 4.69) is 0 Å². The van der Waals surface area contributed by atoms with Crippen molar-refractivity contribution in [3.8, 4) is 0 Å². The first kappa shape index (κ1) is 13.7. The summed E-state index contributed by atoms with van der Waals surface area (Å²) in [5, 5.41) is 0. The van der Waals surface area contributed by atoms with Gasteiger partial charge in [0.1, 0.15) is 0 Å². The molecule has 1 heterocycles. The third-order valence-electron chi connectivity index (χ3n) is 2.42. The summed E-state index contributed by atoms with van der Waals surface area (Å²) in [5.74, 6) is -4.14. The Hall–Kier alpha value is -0.750. The molecule has 0 aliphatic carbocycles. The third kappa shape index (κ3) is 2.36. The first-order chi connectivity index (χ1) is 8.41. The maximum atomic E-state index is 13.6. The predicted molar refractivity (Wildman–Crippen MR) is 66.7 cm³/mol. The van der Waals surface area contributed by atoms with Crippen molar-refractivity contribution in [3.05, 3.63) is 55.5 Å². The Morgan fingerprint density at radius 3 is 2.28 bits per heavy atom. The first-order valence-electron chi connectivity index (χ1n) is 4.75. The predicted octanol–water partition coefficient (Wildman–Crippen LogP) is 4.52. The standard InChI is InChI=1S/C11H6Cl2F3NS/c12-7-3-5(11(13)18-7)10(17)4-1-2-6(14)9(16)8(4)15/h1-3,10H,17H2. The Morgan fingerprint density at radius 2 is 1.72 bits per heavy atom. The summed E-state index contributed by atoms with van der Waals surface area (Å²) in [5.41, 5.74) is 5.98. The minimum absolute atomic E-state index is 0.176. The van der Waals surface area contributed by atoms with Gasteiger partial charge in [-0.2, -0.15) is 0 Å². The van der Waals surface area contributed by atoms with Crippen LogP contribution in [0, 0.1) is 17.5 Å². The largest absolute Gasteiger partial charge is 0.320 e. The second-order valence-corrected chi connectivity index (χ2v) is 5.81. The molecule has 0 radical (unpaired) electrons. The normalized spacial score (nSPS) is 12.8. The number of nitrogens with two attached hydrogens (primary N) is 1. The average Bonchev–Trinajstić information content (AvgIpc) is 2.65. The Labute approximate surface area is 115 Å². The van der Waals surface area contributed by atoms with Crippen molar-refractivity contribution in [2.24, 2.45) is 5.73 Å². The molecule has 2 aromatic rings. The van der Waals surface area contributed by atoms with Crippen molar-refractivity contribution in [2.75, 3.05) is 0 Å². The maximum absolute atomic E-state index is 13.6. The van der Waals surface area contributed by atoms with Gasteiger partial charge in [-0.1, -0.05) is 29.3 Å². The molecule has 0 aliphatic heterocycles. The lowest BCUT2D eigenvalue weighted by Crippen LogP contribution is -2.14. The lowest BCUT2D eigenvalue weighted by atomic mass is 10.0. The molecule has 2 N–H and O–H groups in total. The number of hydrogen-bond acceptors (Lipinski definition) is 2. The molecule has 1 nitrogen and oxygen atoms in total. The smallest absolute Gasteiger partial charge is 0.194 e. The minimum atomic E-state index is -1.56. The molecule has 0 aliphatic rings. The van der Waals surface area contributed by atoms with Gasteiger partial charge in [-0.25, -0.2) is 13.2 Å². The van der Waals surface area contributed by atoms with Gasteiger partial charge >= 0.3 is 0 Å². The van der Waals surface area contributed by atoms with Gasteiger partial charge in [0.2, 0.25) is 0 Å². The van der Waals surface area contributed by atoms with E-state index >= 15 is 0 Å². The van der Waals surface area contributed by atoms with E-state index in [1.807, 2.05) is 0 Å². The molecular weight excluding hydrogens is 306 g/mol. The van der Waals surface area contributed by atoms with Crippen LogP contribution < -0.4 is 5.73 Å². The fourth-order valence-corrected chi connectivity index (χ4v) is 3.06. The van der Waals surface area contributed by atoms with E-state index in [0.29, 0.717) is 9.90 Å². The highest BCUT2D eigenvalue weighted by Gasteiger charge is 2.22. The molecule has 0 amide bonds. The highest BCUT2D eigenvalue weighted by molar-refractivity contribution is 7.20. The van der Waals surface area contributed by atoms with Crippen molar-refractivity contribution >= 4 is 34.5 Å². The number of benzene rings is 1. The topological polar surface area (TPSA) is 26.0 Å². The zero-order valence-corrected chi connectivity index (χ0v) is 11.0. The van der Waals surface area contributed by atoms with E-state index in [-0.39, 0.29) is 9.90 Å². The average molecular weight is 312 g/mol. The minimum Gasteiger partial charge on any atom is -0.320 e. The molecule has 1 aromatic carbocycles. The van der Waals surface area contributed by atoms with E-state index in [1.165, 1.54) is 6.07 Å². The fourth-order valence-electron chi connectivity index (χ4n) is 1.51. The zero-order chi connectivity index (χ0) is 13.4. The first-order valence-corrected chi connectivity index (χ1v) is 6.32. The fraction of sp³-hybridized carbons (Fsp3) is 0.0909. The van der Waals surface area contributed by atoms with Gasteiger partial charge in [0.25, 0.3) is 0 Å². The Balaban J connectivity index is 2.49. The van der Waals surface area contributed by atoms with E-state index < -0.39 is 23.5 Å². The van der Waals surface area contributed by atoms with Crippen molar-refractivity contribution < 1.29 is 13.2 Å². The molecule has 96 valence electrons. The van der Waals surface area contributed by atoms with Crippen LogP contribution in [-0.4, -0.2) is 0 Å². The van der Waals surface area contributed by atoms with Crippen LogP contribution in [0.3, 0.4) is 0 Å². The van der Waals surface area contributed by atoms with Gasteiger partial charge in [0.05, 0.1) is 14.7 Å². The quantitative estimate of drug-likeness (QED) is 0.811. The van der Waals surface area contributed by atoms with Gasteiger partial charge in [0, 0.05) is 11.1 Å². The third-order valence-corrected chi connectivity index (χ3v) is 3.94. The van der Waals surface area contributed by atoms with Gasteiger partial charge in [-0.3, -0.25) is 0 Å². The summed E-state index contributed by atoms with van der Waals surface area (Å²) < 4.78 is 40.2. The van der Waals surface area contributed by atoms with Crippen molar-refractivity contribution in [3.63, 3.8) is 0 Å². The molecule has 2 rings (SSSR count). The molecule has 1 unspecified atom stereocenters. The Morgan fingerprint density at radius 1 is 1.06 bits per heavy atom. The molecule has 18 heavy (non-hydrogen) atoms. The highest BCUT2D eigenvalue weighted by atomic mass is 35.5. The van der Waals surface area contributed by atoms with Gasteiger partial charge < -0.3 is 5.73 Å². The molecular formula is C11H6Cl2F3NS. The lowest BCUT2D eigenvalue weighted by Gasteiger charge is -2.12. The van der Waals surface area contributed by atoms with Crippen molar-refractivity contribution in [2.45, 2.75) is 6.04 Å². The molecule has 0 saturated heterocycles. The van der Waals surface area contributed by atoms with Crippen LogP contribution in [0.25, 0.3) is 0 Å². The second kappa shape index (κ2) is 5.09. The molecule has 1 atom stereocenters. The van der Waals surface area contributed by atoms with E-state index in [1.54, 1.807) is 0 Å². The SMILES string of the molecule is NC(c1cc(Cl)sc1Cl)c1ccc(F)c(F)c1F. The van der Waals surface area contributed by atoms with Crippen LogP contribution in [0.2, 0.25) is 8.67 Å². The summed E-state index contributed by atoms with van der Waals surface area (Å²) in [6, 6.07) is 2.37. The lowest BCUT2D eigenvalue weighted by molar-refractivity contribution is 0.438. The van der Waals surface area contributed by atoms with Crippen LogP contribution >= 0.6 is 34.5 Å². The van der Waals surface area contributed by atoms with E-state index in [0.717, 1.165) is 23.5 Å². The number of thiophene rings is 1. The maximum Gasteiger partial charge on any atom is 0.194 e. The summed E-state index contributed by atoms with van der Waals surface area (Å²) >= 11 is 12.7. The molecule has 0 saturated carbocycles. The molecule has 0 bridgehead atoms. The van der Waals surface area contributed by atoms with Crippen LogP contribution in [-0.2, 0) is 0 Å². The monoisotopic (exact) mass is 311 g/mol. The van der Waals surface area contributed by atoms with Crippen molar-refractivity contribution in [1.82, 2.24) is 0 Å². The van der Waals surface area contributed by atoms with Crippen LogP contribution in [0.1, 0.15) is 17.2 Å². The van der Waals surface area contributed by atoms with Crippen LogP contribution in [0.5, 0.6) is 0 Å². The number of hydrogen-bond donors (Lipinski definition) is 1. The summed E-state index contributed by atoms with van der Waals surface area (Å²) in [4.78, 5) is 0. The Kier molecular flexibility index (Phi) is 3.87. The number of rotatable bonds is 2. The summed E-state index contributed by atoms with van der Waals surface area (Å²) in [7, 11) is 0.